The molecule has 0 aliphatic heterocycles. The van der Waals surface area contributed by atoms with Crippen molar-refractivity contribution in [3.8, 4) is 0 Å². The average Bonchev–Trinajstić information content (AvgIpc) is 2.84. The third-order valence-corrected chi connectivity index (χ3v) is 3.59. The van der Waals surface area contributed by atoms with Gasteiger partial charge in [-0.15, -0.1) is 11.3 Å². The Bertz CT molecular complexity index is 376. The number of nitrogens with one attached hydrogen (secondary N) is 1. The summed E-state index contributed by atoms with van der Waals surface area (Å²) >= 11 is 1.61. The molecule has 1 atom stereocenters. The predicted octanol–water partition coefficient (Wildman–Crippen LogP) is 2.44. The van der Waals surface area contributed by atoms with Crippen LogP contribution < -0.4 is 5.32 Å². The zero-order chi connectivity index (χ0) is 13.4. The van der Waals surface area contributed by atoms with Crippen LogP contribution in [0, 0.1) is 0 Å². The molecule has 0 saturated carbocycles. The zero-order valence-electron chi connectivity index (χ0n) is 10.5. The second-order valence-corrected chi connectivity index (χ2v) is 5.21. The number of unbranched alkanes of at least 4 members (excludes halogenated alkanes) is 1. The van der Waals surface area contributed by atoms with Gasteiger partial charge in [0.05, 0.1) is 0 Å². The summed E-state index contributed by atoms with van der Waals surface area (Å²) < 4.78 is 0. The molecule has 18 heavy (non-hydrogen) atoms. The first-order valence-corrected chi connectivity index (χ1v) is 7.06. The number of rotatable bonds is 8. The first kappa shape index (κ1) is 14.7. The summed E-state index contributed by atoms with van der Waals surface area (Å²) in [6.45, 7) is 2.00. The van der Waals surface area contributed by atoms with Gasteiger partial charge in [0.15, 0.2) is 0 Å². The van der Waals surface area contributed by atoms with Crippen LogP contribution in [0.3, 0.4) is 0 Å². The second kappa shape index (κ2) is 7.87. The Morgan fingerprint density at radius 2 is 2.28 bits per heavy atom. The normalized spacial score (nSPS) is 12.1. The third-order valence-electron chi connectivity index (χ3n) is 2.66. The molecule has 0 aliphatic carbocycles. The van der Waals surface area contributed by atoms with E-state index in [1.54, 1.807) is 11.3 Å². The molecule has 1 heterocycles. The lowest BCUT2D eigenvalue weighted by molar-refractivity contribution is -0.142. The highest BCUT2D eigenvalue weighted by molar-refractivity contribution is 7.09. The van der Waals surface area contributed by atoms with E-state index in [1.165, 1.54) is 0 Å². The topological polar surface area (TPSA) is 66.4 Å². The number of aliphatic carboxylic acids is 1. The molecule has 0 spiro atoms. The van der Waals surface area contributed by atoms with E-state index in [0.717, 1.165) is 17.7 Å². The van der Waals surface area contributed by atoms with Crippen LogP contribution in [-0.2, 0) is 16.0 Å². The van der Waals surface area contributed by atoms with Crippen LogP contribution >= 0.6 is 11.3 Å². The van der Waals surface area contributed by atoms with E-state index in [9.17, 15) is 9.59 Å². The van der Waals surface area contributed by atoms with Crippen LogP contribution in [-0.4, -0.2) is 23.0 Å². The quantitative estimate of drug-likeness (QED) is 0.761. The average molecular weight is 269 g/mol. The predicted molar refractivity (Wildman–Crippen MR) is 71.7 cm³/mol. The lowest BCUT2D eigenvalue weighted by atomic mass is 10.1. The van der Waals surface area contributed by atoms with Crippen molar-refractivity contribution in [1.29, 1.82) is 0 Å². The molecule has 0 bridgehead atoms. The Balaban J connectivity index is 2.34. The highest BCUT2D eigenvalue weighted by Gasteiger charge is 2.18. The largest absolute Gasteiger partial charge is 0.480 e. The molecule has 1 unspecified atom stereocenters. The summed E-state index contributed by atoms with van der Waals surface area (Å²) in [4.78, 5) is 23.8. The second-order valence-electron chi connectivity index (χ2n) is 4.18. The van der Waals surface area contributed by atoms with E-state index < -0.39 is 12.0 Å². The van der Waals surface area contributed by atoms with Crippen molar-refractivity contribution < 1.29 is 14.7 Å². The monoisotopic (exact) mass is 269 g/mol. The molecule has 100 valence electrons. The van der Waals surface area contributed by atoms with E-state index in [4.69, 9.17) is 5.11 Å². The molecule has 1 rings (SSSR count). The minimum absolute atomic E-state index is 0.188. The minimum atomic E-state index is -0.951. The number of carboxylic acid groups (broad SMARTS) is 1. The van der Waals surface area contributed by atoms with Gasteiger partial charge < -0.3 is 10.4 Å². The Labute approximate surface area is 111 Å². The maximum Gasteiger partial charge on any atom is 0.326 e. The number of aryl methyl sites for hydroxylation is 1. The van der Waals surface area contributed by atoms with Gasteiger partial charge in [0.2, 0.25) is 5.91 Å². The Kier molecular flexibility index (Phi) is 6.43. The molecule has 1 aromatic heterocycles. The fourth-order valence-corrected chi connectivity index (χ4v) is 2.33. The van der Waals surface area contributed by atoms with E-state index in [0.29, 0.717) is 19.3 Å². The molecule has 1 amide bonds. The molecular formula is C13H19NO3S. The molecule has 2 N–H and O–H groups in total. The standard InChI is InChI=1S/C13H19NO3S/c1-2-3-6-11(13(16)17)14-12(15)8-7-10-5-4-9-18-10/h4-5,9,11H,2-3,6-8H2,1H3,(H,14,15)(H,16,17). The fraction of sp³-hybridized carbons (Fsp3) is 0.538. The highest BCUT2D eigenvalue weighted by Crippen LogP contribution is 2.11. The first-order chi connectivity index (χ1) is 8.63. The summed E-state index contributed by atoms with van der Waals surface area (Å²) in [5.74, 6) is -1.14. The number of carbonyl (C=O) groups excluding carboxylic acids is 1. The number of hydrogen-bond acceptors (Lipinski definition) is 3. The van der Waals surface area contributed by atoms with Crippen molar-refractivity contribution in [1.82, 2.24) is 5.32 Å². The smallest absolute Gasteiger partial charge is 0.326 e. The molecular weight excluding hydrogens is 250 g/mol. The number of thiophene rings is 1. The summed E-state index contributed by atoms with van der Waals surface area (Å²) in [5, 5.41) is 13.5. The Morgan fingerprint density at radius 3 is 2.83 bits per heavy atom. The molecule has 0 saturated heterocycles. The fourth-order valence-electron chi connectivity index (χ4n) is 1.62. The molecule has 0 aliphatic rings. The van der Waals surface area contributed by atoms with Crippen molar-refractivity contribution >= 4 is 23.2 Å². The van der Waals surface area contributed by atoms with E-state index >= 15 is 0 Å². The maximum absolute atomic E-state index is 11.6. The van der Waals surface area contributed by atoms with Crippen molar-refractivity contribution in [2.24, 2.45) is 0 Å². The van der Waals surface area contributed by atoms with Gasteiger partial charge in [0.25, 0.3) is 0 Å². The van der Waals surface area contributed by atoms with Gasteiger partial charge in [-0.2, -0.15) is 0 Å². The minimum Gasteiger partial charge on any atom is -0.480 e. The van der Waals surface area contributed by atoms with Gasteiger partial charge in [-0.1, -0.05) is 25.8 Å². The van der Waals surface area contributed by atoms with Gasteiger partial charge >= 0.3 is 5.97 Å². The van der Waals surface area contributed by atoms with E-state index in [1.807, 2.05) is 24.4 Å². The van der Waals surface area contributed by atoms with Crippen LogP contribution in [0.4, 0.5) is 0 Å². The summed E-state index contributed by atoms with van der Waals surface area (Å²) in [6.07, 6.45) is 3.24. The molecule has 4 nitrogen and oxygen atoms in total. The maximum atomic E-state index is 11.6. The first-order valence-electron chi connectivity index (χ1n) is 6.18. The SMILES string of the molecule is CCCCC(NC(=O)CCc1cccs1)C(=O)O. The molecule has 0 aromatic carbocycles. The van der Waals surface area contributed by atoms with Crippen LogP contribution in [0.1, 0.15) is 37.5 Å². The lowest BCUT2D eigenvalue weighted by Gasteiger charge is -2.13. The van der Waals surface area contributed by atoms with Crippen LogP contribution in [0.2, 0.25) is 0 Å². The Morgan fingerprint density at radius 1 is 1.50 bits per heavy atom. The van der Waals surface area contributed by atoms with E-state index in [-0.39, 0.29) is 5.91 Å². The van der Waals surface area contributed by atoms with Crippen LogP contribution in [0.15, 0.2) is 17.5 Å². The van der Waals surface area contributed by atoms with Crippen molar-refractivity contribution in [3.63, 3.8) is 0 Å². The third kappa shape index (κ3) is 5.31. The van der Waals surface area contributed by atoms with Gasteiger partial charge in [-0.05, 0) is 24.3 Å². The van der Waals surface area contributed by atoms with Gasteiger partial charge in [0.1, 0.15) is 6.04 Å². The van der Waals surface area contributed by atoms with Gasteiger partial charge in [-0.3, -0.25) is 4.79 Å². The summed E-state index contributed by atoms with van der Waals surface area (Å²) in [5.41, 5.74) is 0. The summed E-state index contributed by atoms with van der Waals surface area (Å²) in [7, 11) is 0. The number of carbonyl (C=O) groups is 2. The summed E-state index contributed by atoms with van der Waals surface area (Å²) in [6, 6.07) is 3.17. The highest BCUT2D eigenvalue weighted by atomic mass is 32.1. The zero-order valence-corrected chi connectivity index (χ0v) is 11.3. The molecule has 5 heteroatoms. The molecule has 0 fully saturated rings. The number of carboxylic acids is 1. The lowest BCUT2D eigenvalue weighted by Crippen LogP contribution is -2.40. The van der Waals surface area contributed by atoms with Gasteiger partial charge in [-0.25, -0.2) is 4.79 Å². The van der Waals surface area contributed by atoms with Crippen molar-refractivity contribution in [2.45, 2.75) is 45.1 Å². The molecule has 1 aromatic rings. The number of hydrogen-bond donors (Lipinski definition) is 2. The van der Waals surface area contributed by atoms with Gasteiger partial charge in [0, 0.05) is 11.3 Å². The van der Waals surface area contributed by atoms with Crippen molar-refractivity contribution in [2.75, 3.05) is 0 Å². The Hall–Kier alpha value is -1.36. The van der Waals surface area contributed by atoms with Crippen molar-refractivity contribution in [3.05, 3.63) is 22.4 Å². The number of amides is 1. The van der Waals surface area contributed by atoms with E-state index in [2.05, 4.69) is 5.32 Å². The van der Waals surface area contributed by atoms with Crippen LogP contribution in [0.25, 0.3) is 0 Å². The van der Waals surface area contributed by atoms with Crippen LogP contribution in [0.5, 0.6) is 0 Å². The molecule has 0 radical (unpaired) electrons.